The predicted octanol–water partition coefficient (Wildman–Crippen LogP) is 5.08. The van der Waals surface area contributed by atoms with E-state index in [1.165, 1.54) is 0 Å². The van der Waals surface area contributed by atoms with Crippen LogP contribution in [0.15, 0.2) is 41.3 Å². The summed E-state index contributed by atoms with van der Waals surface area (Å²) < 4.78 is 23.8. The van der Waals surface area contributed by atoms with Crippen LogP contribution in [-0.4, -0.2) is 74.2 Å². The number of amides is 2. The molecule has 1 saturated carbocycles. The van der Waals surface area contributed by atoms with Crippen LogP contribution in [0.4, 0.5) is 4.79 Å². The van der Waals surface area contributed by atoms with Crippen LogP contribution in [0, 0.1) is 11.8 Å². The molecule has 0 spiro atoms. The van der Waals surface area contributed by atoms with Crippen molar-refractivity contribution in [1.82, 2.24) is 14.8 Å². The van der Waals surface area contributed by atoms with Gasteiger partial charge in [0, 0.05) is 52.7 Å². The van der Waals surface area contributed by atoms with Crippen molar-refractivity contribution in [3.8, 4) is 5.75 Å². The van der Waals surface area contributed by atoms with Crippen molar-refractivity contribution in [3.05, 3.63) is 63.6 Å². The molecule has 4 rings (SSSR count). The van der Waals surface area contributed by atoms with Gasteiger partial charge in [-0.15, -0.1) is 0 Å². The van der Waals surface area contributed by atoms with E-state index < -0.39 is 17.6 Å². The van der Waals surface area contributed by atoms with E-state index in [0.29, 0.717) is 45.2 Å². The Kier molecular flexibility index (Phi) is 12.1. The van der Waals surface area contributed by atoms with Gasteiger partial charge in [-0.1, -0.05) is 6.07 Å². The molecular formula is C35H51N3O7. The number of piperidine rings is 1. The summed E-state index contributed by atoms with van der Waals surface area (Å²) in [6.07, 6.45) is 5.65. The third-order valence-electron chi connectivity index (χ3n) is 8.50. The van der Waals surface area contributed by atoms with Gasteiger partial charge in [0.2, 0.25) is 5.91 Å². The molecule has 2 amide bonds. The zero-order valence-electron chi connectivity index (χ0n) is 27.8. The van der Waals surface area contributed by atoms with E-state index in [4.69, 9.17) is 18.9 Å². The average Bonchev–Trinajstić information content (AvgIpc) is 3.84. The van der Waals surface area contributed by atoms with Crippen LogP contribution in [-0.2, 0) is 32.0 Å². The minimum Gasteiger partial charge on any atom is -0.491 e. The molecule has 45 heavy (non-hydrogen) atoms. The number of methoxy groups -OCH3 is 2. The lowest BCUT2D eigenvalue weighted by atomic mass is 9.80. The predicted molar refractivity (Wildman–Crippen MR) is 173 cm³/mol. The standard InChI is InChI=1S/C35H51N3O7/c1-7-37-14-12-26(22-31(37)39)29-13-15-38(34(41)45-35(2,3)4)23-30(29)33(40)36-32(25-10-11-25)27-19-24(9-8-16-42-5)20-28(21-27)44-18-17-43-6/h12,14,19-22,25,29-30,32H,7-11,13,15-18,23H2,1-6H3,(H,36,40). The summed E-state index contributed by atoms with van der Waals surface area (Å²) in [7, 11) is 3.34. The van der Waals surface area contributed by atoms with Gasteiger partial charge in [-0.2, -0.15) is 0 Å². The fourth-order valence-electron chi connectivity index (χ4n) is 6.04. The highest BCUT2D eigenvalue weighted by Gasteiger charge is 2.41. The number of likely N-dealkylation sites (tertiary alicyclic amines) is 1. The van der Waals surface area contributed by atoms with Crippen molar-refractivity contribution < 1.29 is 28.5 Å². The normalized spacial score (nSPS) is 19.2. The van der Waals surface area contributed by atoms with Gasteiger partial charge in [-0.3, -0.25) is 9.59 Å². The van der Waals surface area contributed by atoms with Crippen molar-refractivity contribution in [2.45, 2.75) is 83.9 Å². The molecule has 10 heteroatoms. The van der Waals surface area contributed by atoms with Gasteiger partial charge < -0.3 is 33.7 Å². The minimum atomic E-state index is -0.648. The first-order chi connectivity index (χ1) is 21.5. The monoisotopic (exact) mass is 625 g/mol. The maximum Gasteiger partial charge on any atom is 0.410 e. The van der Waals surface area contributed by atoms with E-state index in [2.05, 4.69) is 17.4 Å². The smallest absolute Gasteiger partial charge is 0.410 e. The Hall–Kier alpha value is -3.37. The molecule has 1 N–H and O–H groups in total. The van der Waals surface area contributed by atoms with Crippen LogP contribution in [0.25, 0.3) is 0 Å². The lowest BCUT2D eigenvalue weighted by Crippen LogP contribution is -2.50. The van der Waals surface area contributed by atoms with Crippen LogP contribution < -0.4 is 15.6 Å². The quantitative estimate of drug-likeness (QED) is 0.292. The molecule has 2 aliphatic rings. The number of nitrogens with one attached hydrogen (secondary N) is 1. The molecule has 1 aromatic heterocycles. The SMILES string of the molecule is CCn1ccc(C2CCN(C(=O)OC(C)(C)C)CC2C(=O)NC(c2cc(CCCOC)cc(OCCOC)c2)C2CC2)cc1=O. The fourth-order valence-corrected chi connectivity index (χ4v) is 6.04. The molecule has 0 bridgehead atoms. The second-order valence-corrected chi connectivity index (χ2v) is 13.2. The molecular weight excluding hydrogens is 574 g/mol. The zero-order valence-corrected chi connectivity index (χ0v) is 27.8. The molecule has 1 aliphatic carbocycles. The maximum absolute atomic E-state index is 14.3. The molecule has 2 aromatic rings. The van der Waals surface area contributed by atoms with Crippen LogP contribution in [0.2, 0.25) is 0 Å². The van der Waals surface area contributed by atoms with Gasteiger partial charge >= 0.3 is 6.09 Å². The number of benzene rings is 1. The van der Waals surface area contributed by atoms with Crippen LogP contribution in [0.1, 0.15) is 82.0 Å². The molecule has 3 unspecified atom stereocenters. The third-order valence-corrected chi connectivity index (χ3v) is 8.50. The van der Waals surface area contributed by atoms with Gasteiger partial charge in [0.1, 0.15) is 18.0 Å². The number of nitrogens with zero attached hydrogens (tertiary/aromatic N) is 2. The van der Waals surface area contributed by atoms with E-state index in [1.807, 2.05) is 39.8 Å². The number of ether oxygens (including phenoxy) is 4. The molecule has 1 aliphatic heterocycles. The largest absolute Gasteiger partial charge is 0.491 e. The van der Waals surface area contributed by atoms with E-state index in [1.54, 1.807) is 35.9 Å². The van der Waals surface area contributed by atoms with Crippen LogP contribution in [0.3, 0.4) is 0 Å². The van der Waals surface area contributed by atoms with Crippen molar-refractivity contribution >= 4 is 12.0 Å². The summed E-state index contributed by atoms with van der Waals surface area (Å²) in [5, 5.41) is 3.39. The number of hydrogen-bond acceptors (Lipinski definition) is 7. The van der Waals surface area contributed by atoms with Crippen molar-refractivity contribution in [2.75, 3.05) is 47.1 Å². The highest BCUT2D eigenvalue weighted by Crippen LogP contribution is 2.43. The molecule has 3 atom stereocenters. The Balaban J connectivity index is 1.63. The lowest BCUT2D eigenvalue weighted by molar-refractivity contribution is -0.128. The maximum atomic E-state index is 14.3. The molecule has 2 fully saturated rings. The fraction of sp³-hybridized carbons (Fsp3) is 0.629. The Morgan fingerprint density at radius 3 is 2.42 bits per heavy atom. The number of carbonyl (C=O) groups excluding carboxylic acids is 2. The number of hydrogen-bond donors (Lipinski definition) is 1. The summed E-state index contributed by atoms with van der Waals surface area (Å²) in [6, 6.07) is 9.62. The van der Waals surface area contributed by atoms with Crippen LogP contribution in [0.5, 0.6) is 5.75 Å². The second-order valence-electron chi connectivity index (χ2n) is 13.2. The molecule has 2 heterocycles. The van der Waals surface area contributed by atoms with E-state index in [9.17, 15) is 14.4 Å². The first-order valence-corrected chi connectivity index (χ1v) is 16.3. The first-order valence-electron chi connectivity index (χ1n) is 16.3. The van der Waals surface area contributed by atoms with E-state index in [0.717, 1.165) is 48.1 Å². The summed E-state index contributed by atoms with van der Waals surface area (Å²) >= 11 is 0. The van der Waals surface area contributed by atoms with Gasteiger partial charge in [-0.05, 0) is 107 Å². The summed E-state index contributed by atoms with van der Waals surface area (Å²) in [6.45, 7) is 10.2. The Morgan fingerprint density at radius 1 is 1.02 bits per heavy atom. The first kappa shape index (κ1) is 34.5. The average molecular weight is 626 g/mol. The van der Waals surface area contributed by atoms with E-state index >= 15 is 0 Å². The van der Waals surface area contributed by atoms with Gasteiger partial charge in [0.15, 0.2) is 0 Å². The minimum absolute atomic E-state index is 0.0918. The molecule has 10 nitrogen and oxygen atoms in total. The highest BCUT2D eigenvalue weighted by atomic mass is 16.6. The Bertz CT molecular complexity index is 1320. The molecule has 1 saturated heterocycles. The number of aromatic nitrogens is 1. The Morgan fingerprint density at radius 2 is 1.78 bits per heavy atom. The van der Waals surface area contributed by atoms with Crippen molar-refractivity contribution in [2.24, 2.45) is 11.8 Å². The van der Waals surface area contributed by atoms with Gasteiger partial charge in [0.25, 0.3) is 5.56 Å². The number of rotatable bonds is 14. The number of pyridine rings is 1. The lowest BCUT2D eigenvalue weighted by Gasteiger charge is -2.39. The topological polar surface area (TPSA) is 108 Å². The van der Waals surface area contributed by atoms with E-state index in [-0.39, 0.29) is 30.0 Å². The number of carbonyl (C=O) groups is 2. The van der Waals surface area contributed by atoms with Crippen LogP contribution >= 0.6 is 0 Å². The summed E-state index contributed by atoms with van der Waals surface area (Å²) in [4.78, 5) is 41.8. The molecule has 0 radical (unpaired) electrons. The molecule has 1 aromatic carbocycles. The van der Waals surface area contributed by atoms with Gasteiger partial charge in [-0.25, -0.2) is 4.79 Å². The van der Waals surface area contributed by atoms with Gasteiger partial charge in [0.05, 0.1) is 18.6 Å². The van der Waals surface area contributed by atoms with Crippen molar-refractivity contribution in [3.63, 3.8) is 0 Å². The number of aryl methyl sites for hydroxylation is 2. The third kappa shape index (κ3) is 9.81. The van der Waals surface area contributed by atoms with Crippen molar-refractivity contribution in [1.29, 1.82) is 0 Å². The zero-order chi connectivity index (χ0) is 32.6. The highest BCUT2D eigenvalue weighted by molar-refractivity contribution is 5.82. The summed E-state index contributed by atoms with van der Waals surface area (Å²) in [5.74, 6) is 0.173. The molecule has 248 valence electrons. The second kappa shape index (κ2) is 15.8. The Labute approximate surface area is 267 Å². The summed E-state index contributed by atoms with van der Waals surface area (Å²) in [5.41, 5.74) is 2.22.